The van der Waals surface area contributed by atoms with Crippen molar-refractivity contribution in [2.75, 3.05) is 12.0 Å². The second-order valence-electron chi connectivity index (χ2n) is 1.59. The molecule has 0 radical (unpaired) electrons. The van der Waals surface area contributed by atoms with Crippen molar-refractivity contribution < 1.29 is 9.32 Å². The van der Waals surface area contributed by atoms with Crippen molar-refractivity contribution in [3.8, 4) is 0 Å². The molecule has 7 heavy (non-hydrogen) atoms. The van der Waals surface area contributed by atoms with Gasteiger partial charge in [-0.25, -0.2) is 0 Å². The van der Waals surface area contributed by atoms with E-state index >= 15 is 0 Å². The number of rotatable bonds is 2. The van der Waals surface area contributed by atoms with Crippen LogP contribution in [0.1, 0.15) is 6.92 Å². The topological polar surface area (TPSA) is 37.3 Å². The summed E-state index contributed by atoms with van der Waals surface area (Å²) in [5.41, 5.74) is 0. The molecule has 0 heterocycles. The largest absolute Gasteiger partial charge is 0.392 e. The third-order valence-corrected chi connectivity index (χ3v) is 1.43. The van der Waals surface area contributed by atoms with Crippen LogP contribution in [0.3, 0.4) is 0 Å². The molecule has 0 aromatic heterocycles. The fourth-order valence-electron chi connectivity index (χ4n) is 0.340. The second-order valence-corrected chi connectivity index (χ2v) is 3.07. The van der Waals surface area contributed by atoms with E-state index in [1.54, 1.807) is 13.2 Å². The molecule has 2 atom stereocenters. The van der Waals surface area contributed by atoms with Crippen LogP contribution in [-0.4, -0.2) is 27.4 Å². The van der Waals surface area contributed by atoms with Gasteiger partial charge in [0.15, 0.2) is 0 Å². The first-order valence-corrected chi connectivity index (χ1v) is 3.83. The summed E-state index contributed by atoms with van der Waals surface area (Å²) in [7, 11) is -0.846. The first-order valence-electron chi connectivity index (χ1n) is 2.11. The smallest absolute Gasteiger partial charge is 0.0627 e. The molecule has 44 valence electrons. The number of aliphatic hydroxyl groups excluding tert-OH is 1. The van der Waals surface area contributed by atoms with Crippen LogP contribution in [0.5, 0.6) is 0 Å². The lowest BCUT2D eigenvalue weighted by atomic mass is 10.5. The maximum absolute atomic E-state index is 10.2. The summed E-state index contributed by atoms with van der Waals surface area (Å²) >= 11 is 0. The van der Waals surface area contributed by atoms with Crippen molar-refractivity contribution in [1.29, 1.82) is 0 Å². The Hall–Kier alpha value is 0.110. The van der Waals surface area contributed by atoms with Gasteiger partial charge in [0.25, 0.3) is 0 Å². The molecule has 0 saturated heterocycles. The van der Waals surface area contributed by atoms with E-state index in [1.807, 2.05) is 0 Å². The molecular formula is C4H10O2S. The molecule has 0 spiro atoms. The van der Waals surface area contributed by atoms with E-state index in [2.05, 4.69) is 0 Å². The Morgan fingerprint density at radius 3 is 2.29 bits per heavy atom. The minimum atomic E-state index is -0.846. The Morgan fingerprint density at radius 2 is 2.29 bits per heavy atom. The fourth-order valence-corrected chi connectivity index (χ4v) is 1.02. The Balaban J connectivity index is 3.13. The first kappa shape index (κ1) is 7.11. The van der Waals surface area contributed by atoms with Crippen LogP contribution in [0.15, 0.2) is 0 Å². The standard InChI is InChI=1S/C4H10O2S/c1-4(5)3-7(2)6/h4-5H,3H2,1-2H3/t4-,7-/m0/s1. The molecule has 0 aliphatic carbocycles. The normalized spacial score (nSPS) is 18.7. The summed E-state index contributed by atoms with van der Waals surface area (Å²) in [4.78, 5) is 0. The molecule has 0 rings (SSSR count). The van der Waals surface area contributed by atoms with E-state index in [0.717, 1.165) is 0 Å². The quantitative estimate of drug-likeness (QED) is 0.548. The van der Waals surface area contributed by atoms with E-state index < -0.39 is 16.9 Å². The van der Waals surface area contributed by atoms with Crippen LogP contribution in [-0.2, 0) is 10.8 Å². The predicted molar refractivity (Wildman–Crippen MR) is 30.6 cm³/mol. The average molecular weight is 122 g/mol. The molecule has 0 amide bonds. The van der Waals surface area contributed by atoms with Crippen LogP contribution < -0.4 is 0 Å². The lowest BCUT2D eigenvalue weighted by Gasteiger charge is -1.96. The van der Waals surface area contributed by atoms with Crippen molar-refractivity contribution >= 4 is 10.8 Å². The highest BCUT2D eigenvalue weighted by Gasteiger charge is 1.95. The van der Waals surface area contributed by atoms with Gasteiger partial charge in [0.2, 0.25) is 0 Å². The van der Waals surface area contributed by atoms with E-state index in [1.165, 1.54) is 0 Å². The average Bonchev–Trinajstić information content (AvgIpc) is 1.27. The van der Waals surface area contributed by atoms with Gasteiger partial charge in [-0.05, 0) is 6.92 Å². The second kappa shape index (κ2) is 3.16. The van der Waals surface area contributed by atoms with Crippen LogP contribution in [0.25, 0.3) is 0 Å². The zero-order valence-corrected chi connectivity index (χ0v) is 5.36. The van der Waals surface area contributed by atoms with E-state index in [4.69, 9.17) is 5.11 Å². The molecule has 0 aromatic carbocycles. The number of hydrogen-bond acceptors (Lipinski definition) is 2. The molecule has 2 nitrogen and oxygen atoms in total. The van der Waals surface area contributed by atoms with Gasteiger partial charge < -0.3 is 5.11 Å². The maximum Gasteiger partial charge on any atom is 0.0627 e. The molecule has 0 saturated carbocycles. The molecule has 3 heteroatoms. The highest BCUT2D eigenvalue weighted by Crippen LogP contribution is 1.81. The third kappa shape index (κ3) is 6.11. The van der Waals surface area contributed by atoms with Gasteiger partial charge in [0, 0.05) is 22.8 Å². The van der Waals surface area contributed by atoms with Crippen molar-refractivity contribution in [3.05, 3.63) is 0 Å². The summed E-state index contributed by atoms with van der Waals surface area (Å²) in [6.45, 7) is 1.63. The summed E-state index contributed by atoms with van der Waals surface area (Å²) in [5, 5.41) is 8.53. The van der Waals surface area contributed by atoms with Crippen molar-refractivity contribution in [1.82, 2.24) is 0 Å². The van der Waals surface area contributed by atoms with Crippen molar-refractivity contribution in [2.45, 2.75) is 13.0 Å². The molecule has 0 aliphatic heterocycles. The number of hydrogen-bond donors (Lipinski definition) is 1. The Kier molecular flexibility index (Phi) is 3.21. The van der Waals surface area contributed by atoms with Crippen molar-refractivity contribution in [3.63, 3.8) is 0 Å². The van der Waals surface area contributed by atoms with Gasteiger partial charge in [-0.15, -0.1) is 0 Å². The predicted octanol–water partition coefficient (Wildman–Crippen LogP) is -0.254. The minimum Gasteiger partial charge on any atom is -0.392 e. The number of aliphatic hydroxyl groups is 1. The maximum atomic E-state index is 10.2. The summed E-state index contributed by atoms with van der Waals surface area (Å²) < 4.78 is 10.2. The lowest BCUT2D eigenvalue weighted by Crippen LogP contribution is -2.10. The zero-order chi connectivity index (χ0) is 5.86. The lowest BCUT2D eigenvalue weighted by molar-refractivity contribution is 0.219. The van der Waals surface area contributed by atoms with Crippen LogP contribution >= 0.6 is 0 Å². The third-order valence-electron chi connectivity index (χ3n) is 0.476. The van der Waals surface area contributed by atoms with Crippen LogP contribution in [0, 0.1) is 0 Å². The van der Waals surface area contributed by atoms with Gasteiger partial charge in [0.1, 0.15) is 0 Å². The van der Waals surface area contributed by atoms with Gasteiger partial charge >= 0.3 is 0 Å². The van der Waals surface area contributed by atoms with Gasteiger partial charge in [-0.1, -0.05) is 0 Å². The molecule has 0 aromatic rings. The molecule has 1 N–H and O–H groups in total. The van der Waals surface area contributed by atoms with E-state index in [-0.39, 0.29) is 0 Å². The molecule has 0 unspecified atom stereocenters. The van der Waals surface area contributed by atoms with E-state index in [0.29, 0.717) is 5.75 Å². The van der Waals surface area contributed by atoms with Gasteiger partial charge in [-0.3, -0.25) is 4.21 Å². The van der Waals surface area contributed by atoms with Crippen LogP contribution in [0.2, 0.25) is 0 Å². The highest BCUT2D eigenvalue weighted by molar-refractivity contribution is 7.84. The minimum absolute atomic E-state index is 0.389. The Labute approximate surface area is 46.0 Å². The van der Waals surface area contributed by atoms with Gasteiger partial charge in [-0.2, -0.15) is 0 Å². The monoisotopic (exact) mass is 122 g/mol. The molecule has 0 aliphatic rings. The SMILES string of the molecule is C[C@H](O)C[S@](C)=O. The highest BCUT2D eigenvalue weighted by atomic mass is 32.2. The Bertz CT molecular complexity index is 70.1. The summed E-state index contributed by atoms with van der Waals surface area (Å²) in [5.74, 6) is 0.389. The van der Waals surface area contributed by atoms with Gasteiger partial charge in [0.05, 0.1) is 6.10 Å². The molecule has 0 fully saturated rings. The zero-order valence-electron chi connectivity index (χ0n) is 4.55. The van der Waals surface area contributed by atoms with E-state index in [9.17, 15) is 4.21 Å². The molecule has 0 bridgehead atoms. The fraction of sp³-hybridized carbons (Fsp3) is 1.00. The summed E-state index contributed by atoms with van der Waals surface area (Å²) in [6.07, 6.45) is 1.15. The molecular weight excluding hydrogens is 112 g/mol. The first-order chi connectivity index (χ1) is 3.13. The Morgan fingerprint density at radius 1 is 1.86 bits per heavy atom. The summed E-state index contributed by atoms with van der Waals surface area (Å²) in [6, 6.07) is 0. The van der Waals surface area contributed by atoms with Crippen LogP contribution in [0.4, 0.5) is 0 Å². The van der Waals surface area contributed by atoms with Crippen molar-refractivity contribution in [2.24, 2.45) is 0 Å².